The van der Waals surface area contributed by atoms with Crippen LogP contribution in [0, 0.1) is 5.92 Å². The van der Waals surface area contributed by atoms with E-state index in [4.69, 9.17) is 4.74 Å². The lowest BCUT2D eigenvalue weighted by Gasteiger charge is -2.35. The molecular formula is C33H49N7O3S. The maximum Gasteiger partial charge on any atom is 0.257 e. The highest BCUT2D eigenvalue weighted by molar-refractivity contribution is 6.99. The second kappa shape index (κ2) is 19.2. The van der Waals surface area contributed by atoms with Gasteiger partial charge < -0.3 is 30.3 Å². The van der Waals surface area contributed by atoms with Crippen molar-refractivity contribution < 1.29 is 14.6 Å². The molecular weight excluding hydrogens is 574 g/mol. The quantitative estimate of drug-likeness (QED) is 0.233. The van der Waals surface area contributed by atoms with Gasteiger partial charge in [-0.2, -0.15) is 8.75 Å². The second-order valence-electron chi connectivity index (χ2n) is 10.2. The lowest BCUT2D eigenvalue weighted by atomic mass is 10.1. The minimum Gasteiger partial charge on any atom is -0.505 e. The first kappa shape index (κ1) is 36.1. The molecule has 10 nitrogen and oxygen atoms in total. The Bertz CT molecular complexity index is 1320. The number of carbonyl (C=O) groups excluding carboxylic acids is 1. The monoisotopic (exact) mass is 623 g/mol. The van der Waals surface area contributed by atoms with Gasteiger partial charge >= 0.3 is 0 Å². The molecule has 11 heteroatoms. The number of rotatable bonds is 7. The van der Waals surface area contributed by atoms with E-state index in [1.165, 1.54) is 0 Å². The first-order chi connectivity index (χ1) is 21.3. The Hall–Kier alpha value is -4.12. The zero-order chi connectivity index (χ0) is 32.5. The maximum absolute atomic E-state index is 13.2. The summed E-state index contributed by atoms with van der Waals surface area (Å²) in [4.78, 5) is 21.5. The summed E-state index contributed by atoms with van der Waals surface area (Å²) in [6.45, 7) is 19.4. The summed E-state index contributed by atoms with van der Waals surface area (Å²) in [7, 11) is 0. The molecule has 0 bridgehead atoms. The zero-order valence-corrected chi connectivity index (χ0v) is 28.2. The largest absolute Gasteiger partial charge is 0.505 e. The SMILES string of the molecule is CC.CC.CC(C)C.CC1C=CC=C(CNc2nsnc2Nc2cccc(C(=O)N3CCN(c4ccccn4)CC3)c2O)O1. The van der Waals surface area contributed by atoms with Crippen molar-refractivity contribution in [1.82, 2.24) is 18.6 Å². The third kappa shape index (κ3) is 10.9. The summed E-state index contributed by atoms with van der Waals surface area (Å²) in [5, 5.41) is 17.3. The molecule has 1 fully saturated rings. The van der Waals surface area contributed by atoms with Gasteiger partial charge in [0, 0.05) is 32.4 Å². The molecule has 2 aliphatic rings. The van der Waals surface area contributed by atoms with Gasteiger partial charge in [0.15, 0.2) is 17.4 Å². The van der Waals surface area contributed by atoms with Gasteiger partial charge in [0.05, 0.1) is 29.5 Å². The molecule has 3 aromatic rings. The average Bonchev–Trinajstić information content (AvgIpc) is 3.50. The van der Waals surface area contributed by atoms with Crippen LogP contribution in [0.15, 0.2) is 66.6 Å². The highest BCUT2D eigenvalue weighted by atomic mass is 32.1. The number of hydrogen-bond donors (Lipinski definition) is 3. The second-order valence-corrected chi connectivity index (χ2v) is 10.7. The average molecular weight is 624 g/mol. The molecule has 0 saturated carbocycles. The molecule has 4 heterocycles. The number of aromatic hydroxyl groups is 1. The maximum atomic E-state index is 13.2. The van der Waals surface area contributed by atoms with E-state index in [1.54, 1.807) is 29.3 Å². The Morgan fingerprint density at radius 3 is 2.34 bits per heavy atom. The predicted molar refractivity (Wildman–Crippen MR) is 183 cm³/mol. The van der Waals surface area contributed by atoms with Crippen LogP contribution in [0.2, 0.25) is 0 Å². The van der Waals surface area contributed by atoms with Crippen LogP contribution in [-0.2, 0) is 4.74 Å². The van der Waals surface area contributed by atoms with Crippen LogP contribution < -0.4 is 15.5 Å². The fourth-order valence-electron chi connectivity index (χ4n) is 4.09. The van der Waals surface area contributed by atoms with Crippen molar-refractivity contribution in [1.29, 1.82) is 0 Å². The van der Waals surface area contributed by atoms with Crippen LogP contribution in [0.1, 0.15) is 65.7 Å². The van der Waals surface area contributed by atoms with Crippen LogP contribution >= 0.6 is 11.7 Å². The van der Waals surface area contributed by atoms with Gasteiger partial charge in [0.25, 0.3) is 5.91 Å². The topological polar surface area (TPSA) is 116 Å². The predicted octanol–water partition coefficient (Wildman–Crippen LogP) is 7.33. The summed E-state index contributed by atoms with van der Waals surface area (Å²) in [6, 6.07) is 10.9. The van der Waals surface area contributed by atoms with E-state index in [1.807, 2.05) is 71.0 Å². The van der Waals surface area contributed by atoms with Gasteiger partial charge in [-0.05, 0) is 49.3 Å². The molecule has 0 spiro atoms. The minimum absolute atomic E-state index is 0.0214. The van der Waals surface area contributed by atoms with Crippen molar-refractivity contribution in [3.05, 3.63) is 72.1 Å². The van der Waals surface area contributed by atoms with Crippen LogP contribution in [-0.4, -0.2) is 68.5 Å². The van der Waals surface area contributed by atoms with Crippen LogP contribution in [0.3, 0.4) is 0 Å². The zero-order valence-electron chi connectivity index (χ0n) is 27.4. The standard InChI is InChI=1S/C25H27N7O3S.C4H10.2C2H6/c1-17-6-4-7-18(35-17)16-27-23-24(30-36-29-23)28-20-9-5-8-19(22(20)33)25(34)32-14-12-31(13-15-32)21-10-2-3-11-26-21;1-4(2)3;2*1-2/h2-11,17,33H,12-16H2,1H3,(H,27,29)(H,28,30);4H,1-3H3;2*1-2H3. The third-order valence-corrected chi connectivity index (χ3v) is 6.51. The fraction of sp³-hybridized carbons (Fsp3) is 0.455. The summed E-state index contributed by atoms with van der Waals surface area (Å²) in [5.74, 6) is 3.19. The molecule has 0 radical (unpaired) electrons. The molecule has 0 aliphatic carbocycles. The van der Waals surface area contributed by atoms with Crippen LogP contribution in [0.4, 0.5) is 23.1 Å². The van der Waals surface area contributed by atoms with E-state index in [0.29, 0.717) is 50.0 Å². The number of ether oxygens (including phenoxy) is 1. The number of para-hydroxylation sites is 1. The number of anilines is 4. The molecule has 1 saturated heterocycles. The summed E-state index contributed by atoms with van der Waals surface area (Å²) in [5.41, 5.74) is 0.624. The number of allylic oxidation sites excluding steroid dienone is 2. The number of benzene rings is 1. The fourth-order valence-corrected chi connectivity index (χ4v) is 4.58. The smallest absolute Gasteiger partial charge is 0.257 e. The van der Waals surface area contributed by atoms with Gasteiger partial charge in [-0.1, -0.05) is 66.7 Å². The Morgan fingerprint density at radius 2 is 1.70 bits per heavy atom. The van der Waals surface area contributed by atoms with Crippen molar-refractivity contribution in [2.75, 3.05) is 48.3 Å². The molecule has 1 unspecified atom stereocenters. The molecule has 240 valence electrons. The molecule has 5 rings (SSSR count). The van der Waals surface area contributed by atoms with E-state index >= 15 is 0 Å². The van der Waals surface area contributed by atoms with Gasteiger partial charge in [-0.25, -0.2) is 4.98 Å². The van der Waals surface area contributed by atoms with Gasteiger partial charge in [-0.15, -0.1) is 0 Å². The normalized spacial score (nSPS) is 15.3. The highest BCUT2D eigenvalue weighted by Gasteiger charge is 2.25. The van der Waals surface area contributed by atoms with E-state index in [-0.39, 0.29) is 23.3 Å². The van der Waals surface area contributed by atoms with Crippen LogP contribution in [0.25, 0.3) is 0 Å². The van der Waals surface area contributed by atoms with Gasteiger partial charge in [0.1, 0.15) is 17.7 Å². The lowest BCUT2D eigenvalue weighted by Crippen LogP contribution is -2.49. The van der Waals surface area contributed by atoms with E-state index < -0.39 is 0 Å². The molecule has 2 aromatic heterocycles. The van der Waals surface area contributed by atoms with Crippen molar-refractivity contribution in [2.45, 2.75) is 61.5 Å². The number of pyridine rings is 1. The Kier molecular flexibility index (Phi) is 15.8. The number of piperazine rings is 1. The Balaban J connectivity index is 0.000000768. The van der Waals surface area contributed by atoms with Gasteiger partial charge in [0.2, 0.25) is 0 Å². The molecule has 1 atom stereocenters. The molecule has 1 aromatic carbocycles. The molecule has 2 aliphatic heterocycles. The van der Waals surface area contributed by atoms with Crippen molar-refractivity contribution in [3.8, 4) is 5.75 Å². The summed E-state index contributed by atoms with van der Waals surface area (Å²) >= 11 is 1.04. The number of phenolic OH excluding ortho intramolecular Hbond substituents is 1. The number of phenols is 1. The van der Waals surface area contributed by atoms with E-state index in [2.05, 4.69) is 50.0 Å². The third-order valence-electron chi connectivity index (χ3n) is 5.98. The number of carbonyl (C=O) groups is 1. The van der Waals surface area contributed by atoms with Crippen LogP contribution in [0.5, 0.6) is 5.75 Å². The van der Waals surface area contributed by atoms with Crippen molar-refractivity contribution in [3.63, 3.8) is 0 Å². The molecule has 1 amide bonds. The van der Waals surface area contributed by atoms with E-state index in [0.717, 1.165) is 29.2 Å². The number of nitrogens with one attached hydrogen (secondary N) is 2. The molecule has 3 N–H and O–H groups in total. The minimum atomic E-state index is -0.213. The Labute approximate surface area is 267 Å². The lowest BCUT2D eigenvalue weighted by molar-refractivity contribution is 0.0743. The first-order valence-electron chi connectivity index (χ1n) is 15.5. The highest BCUT2D eigenvalue weighted by Crippen LogP contribution is 2.33. The Morgan fingerprint density at radius 1 is 1.02 bits per heavy atom. The molecule has 44 heavy (non-hydrogen) atoms. The van der Waals surface area contributed by atoms with Crippen molar-refractivity contribution in [2.24, 2.45) is 5.92 Å². The van der Waals surface area contributed by atoms with E-state index in [9.17, 15) is 9.90 Å². The number of aromatic nitrogens is 3. The number of hydrogen-bond acceptors (Lipinski definition) is 10. The van der Waals surface area contributed by atoms with Crippen molar-refractivity contribution >= 4 is 40.8 Å². The number of nitrogens with zero attached hydrogens (tertiary/aromatic N) is 5. The summed E-state index contributed by atoms with van der Waals surface area (Å²) < 4.78 is 14.3. The first-order valence-corrected chi connectivity index (χ1v) is 16.2. The van der Waals surface area contributed by atoms with Gasteiger partial charge in [-0.3, -0.25) is 4.79 Å². The summed E-state index contributed by atoms with van der Waals surface area (Å²) in [6.07, 6.45) is 7.62. The number of amides is 1.